The molecule has 0 unspecified atom stereocenters. The molecule has 0 atom stereocenters. The molecule has 0 N–H and O–H groups in total. The van der Waals surface area contributed by atoms with E-state index in [0.717, 1.165) is 17.1 Å². The van der Waals surface area contributed by atoms with E-state index in [0.29, 0.717) is 0 Å². The molecular weight excluding hydrogens is 567 g/mol. The Kier molecular flexibility index (Phi) is 6.54. The fourth-order valence-corrected chi connectivity index (χ4v) is 7.02. The van der Waals surface area contributed by atoms with Gasteiger partial charge in [-0.2, -0.15) is 0 Å². The van der Waals surface area contributed by atoms with Gasteiger partial charge in [-0.25, -0.2) is 0 Å². The van der Waals surface area contributed by atoms with Crippen LogP contribution in [0.3, 0.4) is 0 Å². The molecule has 0 aliphatic rings. The second-order valence-electron chi connectivity index (χ2n) is 12.2. The summed E-state index contributed by atoms with van der Waals surface area (Å²) in [4.78, 5) is 2.36. The Morgan fingerprint density at radius 2 is 0.766 bits per heavy atom. The summed E-state index contributed by atoms with van der Waals surface area (Å²) in [6.07, 6.45) is 0. The SMILES string of the molecule is c1ccc(-c2cccc(N(c3ccc(-c4ccc5ccc6c7ccccc7ccc6c5c4)cc3)c3ccc4ccccc4c3)c2)cc1. The van der Waals surface area contributed by atoms with Crippen molar-refractivity contribution in [2.75, 3.05) is 4.90 Å². The zero-order valence-electron chi connectivity index (χ0n) is 25.8. The first-order chi connectivity index (χ1) is 23.3. The van der Waals surface area contributed by atoms with E-state index >= 15 is 0 Å². The maximum atomic E-state index is 2.36. The molecule has 0 saturated carbocycles. The summed E-state index contributed by atoms with van der Waals surface area (Å²) in [5, 5.41) is 10.2. The molecule has 0 heterocycles. The summed E-state index contributed by atoms with van der Waals surface area (Å²) >= 11 is 0. The van der Waals surface area contributed by atoms with Crippen LogP contribution in [0.5, 0.6) is 0 Å². The van der Waals surface area contributed by atoms with Crippen LogP contribution in [0, 0.1) is 0 Å². The third-order valence-corrected chi connectivity index (χ3v) is 9.41. The Labute approximate surface area is 274 Å². The quantitative estimate of drug-likeness (QED) is 0.178. The molecular formula is C46H31N. The van der Waals surface area contributed by atoms with E-state index in [2.05, 4.69) is 193 Å². The van der Waals surface area contributed by atoms with E-state index in [4.69, 9.17) is 0 Å². The van der Waals surface area contributed by atoms with Crippen LogP contribution in [0.4, 0.5) is 17.1 Å². The van der Waals surface area contributed by atoms with Gasteiger partial charge in [0.25, 0.3) is 0 Å². The molecule has 1 nitrogen and oxygen atoms in total. The van der Waals surface area contributed by atoms with Gasteiger partial charge < -0.3 is 4.90 Å². The molecule has 220 valence electrons. The zero-order chi connectivity index (χ0) is 31.2. The van der Waals surface area contributed by atoms with Crippen LogP contribution < -0.4 is 4.90 Å². The summed E-state index contributed by atoms with van der Waals surface area (Å²) < 4.78 is 0. The van der Waals surface area contributed by atoms with Crippen LogP contribution in [-0.4, -0.2) is 0 Å². The van der Waals surface area contributed by atoms with E-state index in [1.807, 2.05) is 0 Å². The molecule has 1 heteroatoms. The highest BCUT2D eigenvalue weighted by molar-refractivity contribution is 6.17. The molecule has 9 aromatic rings. The van der Waals surface area contributed by atoms with E-state index in [1.54, 1.807) is 0 Å². The molecule has 0 aromatic heterocycles. The van der Waals surface area contributed by atoms with E-state index in [1.165, 1.54) is 65.3 Å². The molecule has 9 aromatic carbocycles. The van der Waals surface area contributed by atoms with Crippen LogP contribution in [0.25, 0.3) is 65.3 Å². The van der Waals surface area contributed by atoms with Gasteiger partial charge in [-0.15, -0.1) is 0 Å². The predicted molar refractivity (Wildman–Crippen MR) is 202 cm³/mol. The first-order valence-electron chi connectivity index (χ1n) is 16.2. The van der Waals surface area contributed by atoms with Gasteiger partial charge in [0, 0.05) is 17.1 Å². The van der Waals surface area contributed by atoms with Crippen LogP contribution >= 0.6 is 0 Å². The van der Waals surface area contributed by atoms with Crippen molar-refractivity contribution in [2.45, 2.75) is 0 Å². The Morgan fingerprint density at radius 3 is 1.60 bits per heavy atom. The van der Waals surface area contributed by atoms with Gasteiger partial charge >= 0.3 is 0 Å². The Balaban J connectivity index is 1.15. The van der Waals surface area contributed by atoms with E-state index < -0.39 is 0 Å². The van der Waals surface area contributed by atoms with Crippen LogP contribution in [-0.2, 0) is 0 Å². The van der Waals surface area contributed by atoms with Crippen LogP contribution in [0.1, 0.15) is 0 Å². The van der Waals surface area contributed by atoms with Gasteiger partial charge in [-0.3, -0.25) is 0 Å². The van der Waals surface area contributed by atoms with Crippen molar-refractivity contribution in [3.8, 4) is 22.3 Å². The van der Waals surface area contributed by atoms with Crippen molar-refractivity contribution in [3.63, 3.8) is 0 Å². The van der Waals surface area contributed by atoms with Gasteiger partial charge in [-0.05, 0) is 108 Å². The number of benzene rings is 9. The van der Waals surface area contributed by atoms with Gasteiger partial charge in [0.1, 0.15) is 0 Å². The number of hydrogen-bond acceptors (Lipinski definition) is 1. The maximum Gasteiger partial charge on any atom is 0.0468 e. The molecule has 0 amide bonds. The van der Waals surface area contributed by atoms with Crippen molar-refractivity contribution in [1.29, 1.82) is 0 Å². The van der Waals surface area contributed by atoms with Gasteiger partial charge in [0.05, 0.1) is 0 Å². The van der Waals surface area contributed by atoms with Crippen molar-refractivity contribution in [1.82, 2.24) is 0 Å². The third-order valence-electron chi connectivity index (χ3n) is 9.41. The summed E-state index contributed by atoms with van der Waals surface area (Å²) in [7, 11) is 0. The second kappa shape index (κ2) is 11.3. The zero-order valence-corrected chi connectivity index (χ0v) is 25.8. The number of fused-ring (bicyclic) bond motifs is 6. The molecule has 9 rings (SSSR count). The average molecular weight is 598 g/mol. The largest absolute Gasteiger partial charge is 0.310 e. The lowest BCUT2D eigenvalue weighted by Crippen LogP contribution is -2.10. The van der Waals surface area contributed by atoms with Crippen LogP contribution in [0.15, 0.2) is 188 Å². The number of rotatable bonds is 5. The number of nitrogens with zero attached hydrogens (tertiary/aromatic N) is 1. The highest BCUT2D eigenvalue weighted by Crippen LogP contribution is 2.39. The number of hydrogen-bond donors (Lipinski definition) is 0. The second-order valence-corrected chi connectivity index (χ2v) is 12.2. The van der Waals surface area contributed by atoms with E-state index in [-0.39, 0.29) is 0 Å². The van der Waals surface area contributed by atoms with Gasteiger partial charge in [0.2, 0.25) is 0 Å². The first kappa shape index (κ1) is 27.2. The monoisotopic (exact) mass is 597 g/mol. The van der Waals surface area contributed by atoms with Crippen molar-refractivity contribution in [2.24, 2.45) is 0 Å². The predicted octanol–water partition coefficient (Wildman–Crippen LogP) is 13.1. The fourth-order valence-electron chi connectivity index (χ4n) is 7.02. The van der Waals surface area contributed by atoms with Gasteiger partial charge in [0.15, 0.2) is 0 Å². The minimum atomic E-state index is 1.12. The summed E-state index contributed by atoms with van der Waals surface area (Å²) in [6, 6.07) is 68.3. The Morgan fingerprint density at radius 1 is 0.234 bits per heavy atom. The topological polar surface area (TPSA) is 3.24 Å². The highest BCUT2D eigenvalue weighted by Gasteiger charge is 2.15. The molecule has 0 radical (unpaired) electrons. The molecule has 0 fully saturated rings. The van der Waals surface area contributed by atoms with Crippen molar-refractivity contribution in [3.05, 3.63) is 188 Å². The molecule has 0 aliphatic carbocycles. The standard InChI is InChI=1S/C46H31N/c1-2-9-32(10-3-1)38-14-8-15-41(29-38)47(42-26-21-33-11-4-5-13-37(33)30-42)40-24-19-34(20-25-40)39-18-17-36-23-27-44-43-16-7-6-12-35(43)22-28-45(44)46(36)31-39/h1-31H. The lowest BCUT2D eigenvalue weighted by Gasteiger charge is -2.26. The van der Waals surface area contributed by atoms with Crippen molar-refractivity contribution < 1.29 is 0 Å². The van der Waals surface area contributed by atoms with Gasteiger partial charge in [-0.1, -0.05) is 146 Å². The smallest absolute Gasteiger partial charge is 0.0468 e. The Bertz CT molecular complexity index is 2560. The molecule has 47 heavy (non-hydrogen) atoms. The minimum Gasteiger partial charge on any atom is -0.310 e. The lowest BCUT2D eigenvalue weighted by molar-refractivity contribution is 1.29. The Hall–Kier alpha value is -6.18. The maximum absolute atomic E-state index is 2.36. The highest BCUT2D eigenvalue weighted by atomic mass is 15.1. The normalized spacial score (nSPS) is 11.4. The first-order valence-corrected chi connectivity index (χ1v) is 16.2. The van der Waals surface area contributed by atoms with E-state index in [9.17, 15) is 0 Å². The fraction of sp³-hybridized carbons (Fsp3) is 0. The third kappa shape index (κ3) is 4.90. The molecule has 0 saturated heterocycles. The summed E-state index contributed by atoms with van der Waals surface area (Å²) in [6.45, 7) is 0. The average Bonchev–Trinajstić information content (AvgIpc) is 3.15. The number of anilines is 3. The molecule has 0 aliphatic heterocycles. The lowest BCUT2D eigenvalue weighted by atomic mass is 9.94. The van der Waals surface area contributed by atoms with Crippen molar-refractivity contribution >= 4 is 60.2 Å². The summed E-state index contributed by atoms with van der Waals surface area (Å²) in [5.41, 5.74) is 8.19. The molecule has 0 spiro atoms. The summed E-state index contributed by atoms with van der Waals surface area (Å²) in [5.74, 6) is 0. The minimum absolute atomic E-state index is 1.12. The molecule has 0 bridgehead atoms. The van der Waals surface area contributed by atoms with Crippen LogP contribution in [0.2, 0.25) is 0 Å².